The molecule has 25 heavy (non-hydrogen) atoms. The highest BCUT2D eigenvalue weighted by Crippen LogP contribution is 2.18. The van der Waals surface area contributed by atoms with Crippen LogP contribution < -0.4 is 5.32 Å². The van der Waals surface area contributed by atoms with E-state index < -0.39 is 0 Å². The molecular formula is C18H28Cl2N4O. The van der Waals surface area contributed by atoms with Gasteiger partial charge in [0.25, 0.3) is 0 Å². The third-order valence-corrected chi connectivity index (χ3v) is 4.74. The fraction of sp³-hybridized carbons (Fsp3) is 0.556. The summed E-state index contributed by atoms with van der Waals surface area (Å²) in [6, 6.07) is 8.06. The minimum Gasteiger partial charge on any atom is -0.343 e. The number of carbonyl (C=O) groups excluding carboxylic acids is 1. The lowest BCUT2D eigenvalue weighted by molar-refractivity contribution is -0.132. The second-order valence-corrected chi connectivity index (χ2v) is 6.31. The van der Waals surface area contributed by atoms with Gasteiger partial charge in [0.2, 0.25) is 5.91 Å². The van der Waals surface area contributed by atoms with Gasteiger partial charge in [-0.2, -0.15) is 0 Å². The van der Waals surface area contributed by atoms with Gasteiger partial charge in [-0.1, -0.05) is 19.1 Å². The van der Waals surface area contributed by atoms with E-state index in [-0.39, 0.29) is 30.7 Å². The molecular weight excluding hydrogens is 359 g/mol. The summed E-state index contributed by atoms with van der Waals surface area (Å²) in [6.07, 6.45) is 4.62. The highest BCUT2D eigenvalue weighted by Gasteiger charge is 2.22. The Hall–Kier alpha value is -1.30. The molecule has 2 aromatic rings. The molecule has 0 aliphatic carbocycles. The number of carbonyl (C=O) groups is 1. The molecule has 0 spiro atoms. The maximum atomic E-state index is 12.4. The number of aromatic nitrogens is 2. The Morgan fingerprint density at radius 1 is 1.24 bits per heavy atom. The zero-order valence-electron chi connectivity index (χ0n) is 14.7. The first-order chi connectivity index (χ1) is 11.3. The van der Waals surface area contributed by atoms with Crippen LogP contribution in [0.1, 0.15) is 26.2 Å². The van der Waals surface area contributed by atoms with Crippen molar-refractivity contribution in [2.75, 3.05) is 26.2 Å². The number of fused-ring (bicyclic) bond motifs is 1. The molecule has 0 atom stereocenters. The molecule has 5 nitrogen and oxygen atoms in total. The van der Waals surface area contributed by atoms with E-state index in [9.17, 15) is 4.79 Å². The summed E-state index contributed by atoms with van der Waals surface area (Å²) in [5, 5.41) is 3.41. The van der Waals surface area contributed by atoms with Gasteiger partial charge in [0.05, 0.1) is 17.4 Å². The molecule has 1 aromatic carbocycles. The minimum atomic E-state index is 0. The lowest BCUT2D eigenvalue weighted by Crippen LogP contribution is -2.41. The molecule has 1 aromatic heterocycles. The Morgan fingerprint density at radius 3 is 2.68 bits per heavy atom. The largest absolute Gasteiger partial charge is 0.343 e. The van der Waals surface area contributed by atoms with Gasteiger partial charge in [0.15, 0.2) is 0 Å². The van der Waals surface area contributed by atoms with Crippen LogP contribution in [-0.4, -0.2) is 46.5 Å². The number of likely N-dealkylation sites (tertiary alicyclic amines) is 1. The summed E-state index contributed by atoms with van der Waals surface area (Å²) in [7, 11) is 0. The molecule has 1 aliphatic heterocycles. The summed E-state index contributed by atoms with van der Waals surface area (Å²) >= 11 is 0. The van der Waals surface area contributed by atoms with Gasteiger partial charge >= 0.3 is 0 Å². The first kappa shape index (κ1) is 21.7. The molecule has 1 amide bonds. The fourth-order valence-electron chi connectivity index (χ4n) is 3.30. The molecule has 0 unspecified atom stereocenters. The van der Waals surface area contributed by atoms with E-state index >= 15 is 0 Å². The maximum Gasteiger partial charge on any atom is 0.224 e. The van der Waals surface area contributed by atoms with E-state index in [2.05, 4.69) is 27.9 Å². The van der Waals surface area contributed by atoms with E-state index in [1.807, 2.05) is 29.4 Å². The summed E-state index contributed by atoms with van der Waals surface area (Å²) in [5.74, 6) is 0.987. The second kappa shape index (κ2) is 10.6. The number of rotatable bonds is 6. The van der Waals surface area contributed by atoms with Crippen molar-refractivity contribution in [3.8, 4) is 0 Å². The molecule has 0 saturated carbocycles. The van der Waals surface area contributed by atoms with Crippen LogP contribution in [0.3, 0.4) is 0 Å². The topological polar surface area (TPSA) is 50.2 Å². The number of nitrogens with zero attached hydrogens (tertiary/aromatic N) is 3. The highest BCUT2D eigenvalue weighted by molar-refractivity contribution is 5.85. The van der Waals surface area contributed by atoms with Crippen LogP contribution in [0.2, 0.25) is 0 Å². The Kier molecular flexibility index (Phi) is 9.25. The zero-order valence-corrected chi connectivity index (χ0v) is 16.3. The molecule has 3 rings (SSSR count). The van der Waals surface area contributed by atoms with Crippen molar-refractivity contribution >= 4 is 41.8 Å². The number of nitrogens with one attached hydrogen (secondary N) is 1. The SMILES string of the molecule is CCNCC1CCN(C(=O)CCn2cnc3ccccc32)CC1.Cl.Cl. The van der Waals surface area contributed by atoms with Crippen LogP contribution in [-0.2, 0) is 11.3 Å². The van der Waals surface area contributed by atoms with Crippen LogP contribution in [0.25, 0.3) is 11.0 Å². The fourth-order valence-corrected chi connectivity index (χ4v) is 3.30. The number of piperidine rings is 1. The maximum absolute atomic E-state index is 12.4. The van der Waals surface area contributed by atoms with E-state index in [1.165, 1.54) is 0 Å². The van der Waals surface area contributed by atoms with Crippen molar-refractivity contribution in [3.05, 3.63) is 30.6 Å². The second-order valence-electron chi connectivity index (χ2n) is 6.31. The molecule has 1 aliphatic rings. The third kappa shape index (κ3) is 5.59. The van der Waals surface area contributed by atoms with Gasteiger partial charge in [-0.15, -0.1) is 24.8 Å². The average molecular weight is 387 g/mol. The third-order valence-electron chi connectivity index (χ3n) is 4.74. The quantitative estimate of drug-likeness (QED) is 0.829. The molecule has 1 saturated heterocycles. The number of hydrogen-bond acceptors (Lipinski definition) is 3. The first-order valence-electron chi connectivity index (χ1n) is 8.66. The van der Waals surface area contributed by atoms with E-state index in [0.717, 1.165) is 56.0 Å². The van der Waals surface area contributed by atoms with Crippen LogP contribution in [0.15, 0.2) is 30.6 Å². The molecule has 0 bridgehead atoms. The molecule has 1 fully saturated rings. The smallest absolute Gasteiger partial charge is 0.224 e. The summed E-state index contributed by atoms with van der Waals surface area (Å²) < 4.78 is 2.07. The van der Waals surface area contributed by atoms with Crippen molar-refractivity contribution in [2.45, 2.75) is 32.7 Å². The Labute approximate surface area is 162 Å². The highest BCUT2D eigenvalue weighted by atomic mass is 35.5. The summed E-state index contributed by atoms with van der Waals surface area (Å²) in [6.45, 7) is 6.76. The molecule has 1 N–H and O–H groups in total. The Balaban J connectivity index is 0.00000156. The van der Waals surface area contributed by atoms with Gasteiger partial charge < -0.3 is 14.8 Å². The van der Waals surface area contributed by atoms with Crippen LogP contribution >= 0.6 is 24.8 Å². The summed E-state index contributed by atoms with van der Waals surface area (Å²) in [5.41, 5.74) is 2.09. The van der Waals surface area contributed by atoms with Crippen molar-refractivity contribution in [2.24, 2.45) is 5.92 Å². The van der Waals surface area contributed by atoms with Crippen LogP contribution in [0.4, 0.5) is 0 Å². The number of imidazole rings is 1. The lowest BCUT2D eigenvalue weighted by atomic mass is 9.96. The van der Waals surface area contributed by atoms with Crippen LogP contribution in [0, 0.1) is 5.92 Å². The number of amides is 1. The zero-order chi connectivity index (χ0) is 16.1. The Bertz CT molecular complexity index is 653. The van der Waals surface area contributed by atoms with Gasteiger partial charge in [0.1, 0.15) is 0 Å². The molecule has 2 heterocycles. The number of para-hydroxylation sites is 2. The van der Waals surface area contributed by atoms with Crippen molar-refractivity contribution < 1.29 is 4.79 Å². The Morgan fingerprint density at radius 2 is 1.96 bits per heavy atom. The minimum absolute atomic E-state index is 0. The van der Waals surface area contributed by atoms with Gasteiger partial charge in [0, 0.05) is 26.1 Å². The standard InChI is InChI=1S/C18H26N4O.2ClH/c1-2-19-13-15-7-10-21(11-8-15)18(23)9-12-22-14-20-16-5-3-4-6-17(16)22;;/h3-6,14-15,19H,2,7-13H2,1H3;2*1H. The first-order valence-corrected chi connectivity index (χ1v) is 8.66. The van der Waals surface area contributed by atoms with Crippen LogP contribution in [0.5, 0.6) is 0 Å². The van der Waals surface area contributed by atoms with Crippen molar-refractivity contribution in [3.63, 3.8) is 0 Å². The van der Waals surface area contributed by atoms with E-state index in [0.29, 0.717) is 13.0 Å². The van der Waals surface area contributed by atoms with Crippen molar-refractivity contribution in [1.29, 1.82) is 0 Å². The molecule has 140 valence electrons. The number of aryl methyl sites for hydroxylation is 1. The van der Waals surface area contributed by atoms with E-state index in [1.54, 1.807) is 0 Å². The number of hydrogen-bond donors (Lipinski definition) is 1. The van der Waals surface area contributed by atoms with Crippen molar-refractivity contribution in [1.82, 2.24) is 19.8 Å². The van der Waals surface area contributed by atoms with Gasteiger partial charge in [-0.3, -0.25) is 4.79 Å². The molecule has 0 radical (unpaired) electrons. The number of benzene rings is 1. The molecule has 7 heteroatoms. The van der Waals surface area contributed by atoms with E-state index in [4.69, 9.17) is 0 Å². The predicted octanol–water partition coefficient (Wildman–Crippen LogP) is 3.12. The number of halogens is 2. The van der Waals surface area contributed by atoms with Gasteiger partial charge in [-0.05, 0) is 44.0 Å². The normalized spacial score (nSPS) is 14.8. The average Bonchev–Trinajstić information content (AvgIpc) is 3.01. The lowest BCUT2D eigenvalue weighted by Gasteiger charge is -2.32. The summed E-state index contributed by atoms with van der Waals surface area (Å²) in [4.78, 5) is 18.8. The monoisotopic (exact) mass is 386 g/mol. The predicted molar refractivity (Wildman–Crippen MR) is 107 cm³/mol. The van der Waals surface area contributed by atoms with Gasteiger partial charge in [-0.25, -0.2) is 4.98 Å².